The standard InChI is InChI=1S/C83H138O16P2/c1-4-7-10-13-16-19-22-25-28-31-33-35-36-37-38-39-40-42-44-46-48-51-54-57-60-63-66-69-81(86)93-72-78(84)73-95-100(89,90)96-74-79(85)75-97-101(91,92)98-77-80(99-83(88)71-68-65-62-59-56-53-50-45-30-27-24-21-18-15-12-9-6-3)76-94-82(87)70-67-64-61-58-55-52-49-47-43-41-34-32-29-26-23-20-17-14-11-8-5-2/h8-9,11-12,16-21,25-30,33-35,37-38,41,47,49-50,53,78-80,84-85H,4-7,10,13-15,22-24,31-32,36,39-40,42-46,48,51-52,54-77H2,1-3H3,(H,89,90)(H,91,92)/b11-8-,12-9-,19-16-,20-17-,21-18-,28-25-,29-26-,30-27-,35-33-,38-37-,41-34-,49-47-,53-50-. The van der Waals surface area contributed by atoms with Gasteiger partial charge in [0.05, 0.1) is 26.4 Å². The van der Waals surface area contributed by atoms with E-state index in [2.05, 4.69) is 179 Å². The van der Waals surface area contributed by atoms with Crippen LogP contribution in [-0.4, -0.2) is 95.9 Å². The molecule has 0 heterocycles. The van der Waals surface area contributed by atoms with Crippen molar-refractivity contribution >= 4 is 33.6 Å². The predicted octanol–water partition coefficient (Wildman–Crippen LogP) is 22.6. The number of allylic oxidation sites excluding steroid dienone is 26. The lowest BCUT2D eigenvalue weighted by molar-refractivity contribution is -0.161. The summed E-state index contributed by atoms with van der Waals surface area (Å²) in [5, 5.41) is 20.6. The van der Waals surface area contributed by atoms with E-state index in [9.17, 15) is 43.5 Å². The molecule has 0 aromatic heterocycles. The first-order chi connectivity index (χ1) is 49.2. The van der Waals surface area contributed by atoms with Crippen LogP contribution in [0.1, 0.15) is 290 Å². The van der Waals surface area contributed by atoms with Crippen molar-refractivity contribution in [1.82, 2.24) is 0 Å². The number of aliphatic hydroxyl groups is 2. The highest BCUT2D eigenvalue weighted by Crippen LogP contribution is 2.45. The zero-order chi connectivity index (χ0) is 73.7. The van der Waals surface area contributed by atoms with Gasteiger partial charge in [0.2, 0.25) is 0 Å². The number of hydrogen-bond acceptors (Lipinski definition) is 14. The van der Waals surface area contributed by atoms with Crippen LogP contribution in [0.2, 0.25) is 0 Å². The van der Waals surface area contributed by atoms with E-state index >= 15 is 0 Å². The first-order valence-electron chi connectivity index (χ1n) is 38.8. The van der Waals surface area contributed by atoms with Gasteiger partial charge in [-0.05, 0) is 148 Å². The Hall–Kier alpha value is -4.83. The van der Waals surface area contributed by atoms with Crippen LogP contribution in [0.25, 0.3) is 0 Å². The molecule has 0 aromatic carbocycles. The maximum Gasteiger partial charge on any atom is 0.472 e. The molecule has 0 saturated heterocycles. The van der Waals surface area contributed by atoms with Gasteiger partial charge >= 0.3 is 33.6 Å². The molecule has 0 saturated carbocycles. The van der Waals surface area contributed by atoms with E-state index in [0.717, 1.165) is 161 Å². The maximum atomic E-state index is 13.0. The summed E-state index contributed by atoms with van der Waals surface area (Å²) in [5.74, 6) is -1.63. The van der Waals surface area contributed by atoms with Crippen molar-refractivity contribution in [1.29, 1.82) is 0 Å². The number of phosphoric ester groups is 2. The largest absolute Gasteiger partial charge is 0.472 e. The molecule has 4 N–H and O–H groups in total. The Labute approximate surface area is 612 Å². The lowest BCUT2D eigenvalue weighted by Gasteiger charge is -2.21. The third kappa shape index (κ3) is 76.1. The van der Waals surface area contributed by atoms with Crippen LogP contribution in [0.5, 0.6) is 0 Å². The minimum atomic E-state index is -4.95. The smallest absolute Gasteiger partial charge is 0.463 e. The molecule has 576 valence electrons. The lowest BCUT2D eigenvalue weighted by atomic mass is 10.0. The Bertz CT molecular complexity index is 2470. The number of carbonyl (C=O) groups excluding carboxylic acids is 3. The van der Waals surface area contributed by atoms with Gasteiger partial charge in [0.25, 0.3) is 0 Å². The average molecular weight is 1450 g/mol. The second-order valence-electron chi connectivity index (χ2n) is 25.4. The monoisotopic (exact) mass is 1450 g/mol. The predicted molar refractivity (Wildman–Crippen MR) is 417 cm³/mol. The van der Waals surface area contributed by atoms with Crippen molar-refractivity contribution < 1.29 is 75.8 Å². The van der Waals surface area contributed by atoms with E-state index in [1.807, 2.05) is 0 Å². The van der Waals surface area contributed by atoms with Gasteiger partial charge in [0.1, 0.15) is 25.4 Å². The molecule has 0 aliphatic heterocycles. The molecule has 18 heteroatoms. The van der Waals surface area contributed by atoms with Crippen LogP contribution < -0.4 is 0 Å². The summed E-state index contributed by atoms with van der Waals surface area (Å²) in [4.78, 5) is 58.6. The number of aliphatic hydroxyl groups excluding tert-OH is 2. The van der Waals surface area contributed by atoms with Crippen molar-refractivity contribution in [2.75, 3.05) is 39.6 Å². The molecule has 5 atom stereocenters. The summed E-state index contributed by atoms with van der Waals surface area (Å²) in [6, 6.07) is 0. The van der Waals surface area contributed by atoms with Gasteiger partial charge in [0, 0.05) is 19.3 Å². The molecule has 0 bridgehead atoms. The second-order valence-corrected chi connectivity index (χ2v) is 28.3. The minimum absolute atomic E-state index is 0.0662. The van der Waals surface area contributed by atoms with Gasteiger partial charge in [-0.25, -0.2) is 9.13 Å². The molecular formula is C83H138O16P2. The summed E-state index contributed by atoms with van der Waals surface area (Å²) >= 11 is 0. The fraction of sp³-hybridized carbons (Fsp3) is 0.651. The Morgan fingerprint density at radius 2 is 0.525 bits per heavy atom. The molecule has 0 fully saturated rings. The fourth-order valence-electron chi connectivity index (χ4n) is 9.87. The van der Waals surface area contributed by atoms with Gasteiger partial charge in [0.15, 0.2) is 6.10 Å². The summed E-state index contributed by atoms with van der Waals surface area (Å²) in [7, 11) is -9.81. The van der Waals surface area contributed by atoms with Crippen LogP contribution in [0.3, 0.4) is 0 Å². The van der Waals surface area contributed by atoms with E-state index < -0.39 is 91.5 Å². The molecule has 0 aliphatic carbocycles. The fourth-order valence-corrected chi connectivity index (χ4v) is 11.5. The molecule has 5 unspecified atom stereocenters. The summed E-state index contributed by atoms with van der Waals surface area (Å²) in [6.07, 6.45) is 92.8. The van der Waals surface area contributed by atoms with Gasteiger partial charge < -0.3 is 34.2 Å². The van der Waals surface area contributed by atoms with E-state index in [0.29, 0.717) is 19.3 Å². The lowest BCUT2D eigenvalue weighted by Crippen LogP contribution is -2.30. The van der Waals surface area contributed by atoms with Crippen LogP contribution in [-0.2, 0) is 55.8 Å². The molecule has 0 spiro atoms. The van der Waals surface area contributed by atoms with Crippen molar-refractivity contribution in [3.8, 4) is 0 Å². The number of esters is 3. The third-order valence-electron chi connectivity index (χ3n) is 15.7. The van der Waals surface area contributed by atoms with Crippen LogP contribution in [0.15, 0.2) is 158 Å². The number of carbonyl (C=O) groups is 3. The van der Waals surface area contributed by atoms with Gasteiger partial charge in [-0.3, -0.25) is 32.5 Å². The average Bonchev–Trinajstić information content (AvgIpc) is 0.961. The van der Waals surface area contributed by atoms with Crippen LogP contribution in [0, 0.1) is 0 Å². The van der Waals surface area contributed by atoms with Crippen molar-refractivity contribution in [3.05, 3.63) is 158 Å². The topological polar surface area (TPSA) is 231 Å². The highest BCUT2D eigenvalue weighted by molar-refractivity contribution is 7.47. The SMILES string of the molecule is CC/C=C\C/C=C\C/C=C\C/C=C\C/C=C\CCCCCCCC(=O)OCC(COP(=O)(O)OCC(O)COP(=O)(O)OCC(O)COC(=O)CCCCCCCCCCCCC/C=C\C/C=C\C/C=C\C/C=C\CCCCC)OC(=O)CCCCCC/C=C\C/C=C\C/C=C\C/C=C\CC. The Balaban J connectivity index is 4.64. The van der Waals surface area contributed by atoms with Gasteiger partial charge in [-0.1, -0.05) is 281 Å². The van der Waals surface area contributed by atoms with E-state index in [4.69, 9.17) is 32.3 Å². The van der Waals surface area contributed by atoms with E-state index in [1.54, 1.807) is 0 Å². The highest BCUT2D eigenvalue weighted by atomic mass is 31.2. The number of hydrogen-bond donors (Lipinski definition) is 4. The first-order valence-corrected chi connectivity index (χ1v) is 41.8. The number of unbranched alkanes of at least 4 members (excludes halogenated alkanes) is 23. The van der Waals surface area contributed by atoms with Gasteiger partial charge in [-0.15, -0.1) is 0 Å². The molecule has 0 aliphatic rings. The molecule has 0 radical (unpaired) electrons. The van der Waals surface area contributed by atoms with Crippen molar-refractivity contribution in [2.45, 2.75) is 309 Å². The number of phosphoric acid groups is 2. The van der Waals surface area contributed by atoms with Crippen LogP contribution >= 0.6 is 15.6 Å². The summed E-state index contributed by atoms with van der Waals surface area (Å²) in [5.41, 5.74) is 0. The maximum absolute atomic E-state index is 13.0. The Kier molecular flexibility index (Phi) is 71.3. The Morgan fingerprint density at radius 3 is 0.832 bits per heavy atom. The zero-order valence-electron chi connectivity index (χ0n) is 62.8. The van der Waals surface area contributed by atoms with Crippen LogP contribution in [0.4, 0.5) is 0 Å². The van der Waals surface area contributed by atoms with Crippen molar-refractivity contribution in [3.63, 3.8) is 0 Å². The third-order valence-corrected chi connectivity index (χ3v) is 17.6. The molecular weight excluding hydrogens is 1310 g/mol. The van der Waals surface area contributed by atoms with Crippen molar-refractivity contribution in [2.24, 2.45) is 0 Å². The number of ether oxygens (including phenoxy) is 3. The first kappa shape index (κ1) is 96.2. The molecule has 0 amide bonds. The number of rotatable bonds is 72. The quantitative estimate of drug-likeness (QED) is 0.0146. The van der Waals surface area contributed by atoms with E-state index in [-0.39, 0.29) is 19.3 Å². The molecule has 101 heavy (non-hydrogen) atoms. The molecule has 16 nitrogen and oxygen atoms in total. The molecule has 0 rings (SSSR count). The van der Waals surface area contributed by atoms with Gasteiger partial charge in [-0.2, -0.15) is 0 Å². The normalized spacial score (nSPS) is 14.9. The summed E-state index contributed by atoms with van der Waals surface area (Å²) < 4.78 is 61.1. The summed E-state index contributed by atoms with van der Waals surface area (Å²) in [6.45, 7) is 2.36. The highest BCUT2D eigenvalue weighted by Gasteiger charge is 2.29. The molecule has 0 aromatic rings. The minimum Gasteiger partial charge on any atom is -0.463 e. The second kappa shape index (κ2) is 74.9. The zero-order valence-corrected chi connectivity index (χ0v) is 64.6. The van der Waals surface area contributed by atoms with E-state index in [1.165, 1.54) is 70.6 Å². The Morgan fingerprint density at radius 1 is 0.287 bits per heavy atom.